The van der Waals surface area contributed by atoms with Crippen molar-refractivity contribution in [2.24, 2.45) is 0 Å². The van der Waals surface area contributed by atoms with E-state index in [9.17, 15) is 0 Å². The van der Waals surface area contributed by atoms with E-state index in [1.54, 1.807) is 0 Å². The third-order valence-corrected chi connectivity index (χ3v) is 11.5. The van der Waals surface area contributed by atoms with Gasteiger partial charge in [0.25, 0.3) is 0 Å². The van der Waals surface area contributed by atoms with Crippen molar-refractivity contribution in [2.75, 3.05) is 5.32 Å². The van der Waals surface area contributed by atoms with Gasteiger partial charge in [0.05, 0.1) is 26.8 Å². The predicted molar refractivity (Wildman–Crippen MR) is 209 cm³/mol. The van der Waals surface area contributed by atoms with Crippen LogP contribution in [-0.2, 0) is 0 Å². The monoisotopic (exact) mass is 643 g/mol. The molecule has 1 N–H and O–H groups in total. The van der Waals surface area contributed by atoms with Gasteiger partial charge in [0.2, 0.25) is 0 Å². The van der Waals surface area contributed by atoms with Gasteiger partial charge >= 0.3 is 0 Å². The van der Waals surface area contributed by atoms with Gasteiger partial charge in [-0.25, -0.2) is 0 Å². The maximum Gasteiger partial charge on any atom is 0.124 e. The van der Waals surface area contributed by atoms with Crippen molar-refractivity contribution in [3.05, 3.63) is 175 Å². The highest BCUT2D eigenvalue weighted by Crippen LogP contribution is 2.47. The Morgan fingerprint density at radius 1 is 0.510 bits per heavy atom. The van der Waals surface area contributed by atoms with Crippen LogP contribution in [0.25, 0.3) is 75.0 Å². The van der Waals surface area contributed by atoms with E-state index in [0.717, 1.165) is 5.69 Å². The maximum atomic E-state index is 3.99. The second-order valence-electron chi connectivity index (χ2n) is 13.0. The molecule has 0 fully saturated rings. The molecule has 0 aliphatic carbocycles. The number of benzene rings is 7. The molecular formula is C45H29N3S. The molecule has 3 nitrogen and oxygen atoms in total. The van der Waals surface area contributed by atoms with E-state index in [4.69, 9.17) is 0 Å². The number of anilines is 1. The van der Waals surface area contributed by atoms with E-state index in [0.29, 0.717) is 0 Å². The van der Waals surface area contributed by atoms with Gasteiger partial charge in [-0.2, -0.15) is 0 Å². The molecule has 11 rings (SSSR count). The molecule has 0 bridgehead atoms. The fourth-order valence-electron chi connectivity index (χ4n) is 8.22. The smallest absolute Gasteiger partial charge is 0.124 e. The lowest BCUT2D eigenvalue weighted by molar-refractivity contribution is 0.724. The molecule has 1 aliphatic rings. The van der Waals surface area contributed by atoms with Crippen molar-refractivity contribution >= 4 is 86.4 Å². The quantitative estimate of drug-likeness (QED) is 0.203. The van der Waals surface area contributed by atoms with E-state index in [2.05, 4.69) is 178 Å². The Bertz CT molecular complexity index is 2960. The van der Waals surface area contributed by atoms with Gasteiger partial charge in [-0.3, -0.25) is 0 Å². The number of fused-ring (bicyclic) bond motifs is 11. The fraction of sp³-hybridized carbons (Fsp3) is 0.0222. The summed E-state index contributed by atoms with van der Waals surface area (Å²) in [6.45, 7) is 0. The summed E-state index contributed by atoms with van der Waals surface area (Å²) in [6, 6.07) is 57.5. The molecule has 4 heterocycles. The summed E-state index contributed by atoms with van der Waals surface area (Å²) >= 11 is 1.90. The van der Waals surface area contributed by atoms with Crippen LogP contribution >= 0.6 is 11.3 Å². The second kappa shape index (κ2) is 10.2. The minimum Gasteiger partial charge on any atom is -0.361 e. The van der Waals surface area contributed by atoms with Gasteiger partial charge in [-0.1, -0.05) is 115 Å². The van der Waals surface area contributed by atoms with Crippen LogP contribution in [0.5, 0.6) is 0 Å². The molecule has 0 spiro atoms. The summed E-state index contributed by atoms with van der Waals surface area (Å²) < 4.78 is 7.64. The van der Waals surface area contributed by atoms with Crippen LogP contribution < -0.4 is 5.32 Å². The van der Waals surface area contributed by atoms with E-state index in [1.165, 1.54) is 86.2 Å². The van der Waals surface area contributed by atoms with Gasteiger partial charge in [-0.05, 0) is 59.7 Å². The third-order valence-electron chi connectivity index (χ3n) is 10.3. The normalized spacial score (nSPS) is 14.6. The molecule has 0 saturated heterocycles. The molecule has 230 valence electrons. The van der Waals surface area contributed by atoms with Crippen LogP contribution in [0.4, 0.5) is 5.69 Å². The Hall–Kier alpha value is -6.10. The van der Waals surface area contributed by atoms with Crippen LogP contribution in [0.1, 0.15) is 17.3 Å². The zero-order valence-electron chi connectivity index (χ0n) is 26.5. The lowest BCUT2D eigenvalue weighted by atomic mass is 9.93. The largest absolute Gasteiger partial charge is 0.361 e. The van der Waals surface area contributed by atoms with Gasteiger partial charge in [0, 0.05) is 54.0 Å². The number of aromatic nitrogens is 2. The number of nitrogens with one attached hydrogen (secondary N) is 1. The molecule has 1 unspecified atom stereocenters. The maximum absolute atomic E-state index is 3.99. The molecule has 49 heavy (non-hydrogen) atoms. The number of rotatable bonds is 3. The lowest BCUT2D eigenvalue weighted by Crippen LogP contribution is -2.20. The molecule has 3 aromatic heterocycles. The summed E-state index contributed by atoms with van der Waals surface area (Å²) in [5.41, 5.74) is 10.9. The molecule has 0 saturated carbocycles. The Morgan fingerprint density at radius 3 is 2.08 bits per heavy atom. The number of para-hydroxylation sites is 3. The third kappa shape index (κ3) is 3.83. The highest BCUT2D eigenvalue weighted by molar-refractivity contribution is 7.26. The summed E-state index contributed by atoms with van der Waals surface area (Å²) in [4.78, 5) is 0. The minimum absolute atomic E-state index is 0.118. The van der Waals surface area contributed by atoms with Crippen molar-refractivity contribution in [1.29, 1.82) is 0 Å². The Balaban J connectivity index is 1.31. The van der Waals surface area contributed by atoms with Crippen LogP contribution in [0.15, 0.2) is 164 Å². The highest BCUT2D eigenvalue weighted by Gasteiger charge is 2.27. The second-order valence-corrected chi connectivity index (χ2v) is 14.0. The molecule has 4 heteroatoms. The predicted octanol–water partition coefficient (Wildman–Crippen LogP) is 12.3. The number of hydrogen-bond donors (Lipinski definition) is 1. The van der Waals surface area contributed by atoms with E-state index in [1.807, 2.05) is 11.3 Å². The molecule has 1 atom stereocenters. The van der Waals surface area contributed by atoms with E-state index in [-0.39, 0.29) is 6.17 Å². The average Bonchev–Trinajstić information content (AvgIpc) is 3.81. The van der Waals surface area contributed by atoms with Crippen LogP contribution in [0.2, 0.25) is 0 Å². The van der Waals surface area contributed by atoms with E-state index >= 15 is 0 Å². The summed E-state index contributed by atoms with van der Waals surface area (Å²) in [5, 5.41) is 11.7. The average molecular weight is 644 g/mol. The zero-order chi connectivity index (χ0) is 32.1. The van der Waals surface area contributed by atoms with Crippen molar-refractivity contribution in [2.45, 2.75) is 6.17 Å². The van der Waals surface area contributed by atoms with Crippen molar-refractivity contribution in [1.82, 2.24) is 9.13 Å². The molecule has 10 aromatic rings. The zero-order valence-corrected chi connectivity index (χ0v) is 27.3. The Labute approximate surface area is 286 Å². The number of hydrogen-bond acceptors (Lipinski definition) is 2. The van der Waals surface area contributed by atoms with Gasteiger partial charge in [0.1, 0.15) is 6.17 Å². The Morgan fingerprint density at radius 2 is 1.20 bits per heavy atom. The van der Waals surface area contributed by atoms with Crippen molar-refractivity contribution in [3.63, 3.8) is 0 Å². The standard InChI is InChI=1S/C45H29N3S/c1-3-13-28(14-4-1)35-26-43(46-38-20-10-7-17-30(35)38)48-41-27-40-36(31-18-8-11-21-39(31)47(40)29-15-5-2-6-16-29)25-37(41)33-23-24-34-32-19-9-12-22-42(32)49-45(34)44(33)48/h1-27,43,46H. The molecule has 0 radical (unpaired) electrons. The topological polar surface area (TPSA) is 21.9 Å². The molecule has 0 amide bonds. The van der Waals surface area contributed by atoms with Crippen LogP contribution in [0.3, 0.4) is 0 Å². The summed E-state index contributed by atoms with van der Waals surface area (Å²) in [5.74, 6) is 0. The first-order valence-electron chi connectivity index (χ1n) is 16.8. The summed E-state index contributed by atoms with van der Waals surface area (Å²) in [6.07, 6.45) is 2.31. The van der Waals surface area contributed by atoms with Gasteiger partial charge in [-0.15, -0.1) is 11.3 Å². The van der Waals surface area contributed by atoms with Crippen LogP contribution in [0, 0.1) is 0 Å². The highest BCUT2D eigenvalue weighted by atomic mass is 32.1. The van der Waals surface area contributed by atoms with Crippen LogP contribution in [-0.4, -0.2) is 9.13 Å². The fourth-order valence-corrected chi connectivity index (χ4v) is 9.46. The first kappa shape index (κ1) is 26.9. The van der Waals surface area contributed by atoms with Gasteiger partial charge in [0.15, 0.2) is 0 Å². The van der Waals surface area contributed by atoms with Crippen molar-refractivity contribution in [3.8, 4) is 5.69 Å². The number of thiophene rings is 1. The summed E-state index contributed by atoms with van der Waals surface area (Å²) in [7, 11) is 0. The first-order valence-corrected chi connectivity index (χ1v) is 17.6. The minimum atomic E-state index is -0.118. The molecule has 1 aliphatic heterocycles. The molecular weight excluding hydrogens is 615 g/mol. The Kier molecular flexibility index (Phi) is 5.60. The first-order chi connectivity index (χ1) is 24.3. The SMILES string of the molecule is C1=C(c2ccccc2)c2ccccc2NC1n1c2cc3c(cc2c2ccc4c5ccccc5sc4c21)c1ccccc1n3-c1ccccc1. The molecule has 7 aromatic carbocycles. The van der Waals surface area contributed by atoms with Gasteiger partial charge < -0.3 is 14.5 Å². The number of nitrogens with zero attached hydrogens (tertiary/aromatic N) is 2. The lowest BCUT2D eigenvalue weighted by Gasteiger charge is -2.29. The van der Waals surface area contributed by atoms with Crippen molar-refractivity contribution < 1.29 is 0 Å². The van der Waals surface area contributed by atoms with E-state index < -0.39 is 0 Å².